The average molecular weight is 328 g/mol. The van der Waals surface area contributed by atoms with Crippen LogP contribution in [-0.4, -0.2) is 46.0 Å². The molecule has 1 aliphatic rings. The van der Waals surface area contributed by atoms with E-state index in [1.807, 2.05) is 17.9 Å². The van der Waals surface area contributed by atoms with E-state index in [2.05, 4.69) is 35.1 Å². The van der Waals surface area contributed by atoms with Crippen LogP contribution < -0.4 is 0 Å². The summed E-state index contributed by atoms with van der Waals surface area (Å²) < 4.78 is 7.78. The van der Waals surface area contributed by atoms with Crippen LogP contribution in [0.5, 0.6) is 0 Å². The summed E-state index contributed by atoms with van der Waals surface area (Å²) in [5.41, 5.74) is 4.96. The van der Waals surface area contributed by atoms with Gasteiger partial charge in [0.25, 0.3) is 0 Å². The van der Waals surface area contributed by atoms with Gasteiger partial charge in [-0.25, -0.2) is 0 Å². The highest BCUT2D eigenvalue weighted by Crippen LogP contribution is 2.12. The molecular formula is C19H28N4O. The molecular weight excluding hydrogens is 300 g/mol. The Labute approximate surface area is 144 Å². The van der Waals surface area contributed by atoms with Crippen molar-refractivity contribution in [2.75, 3.05) is 26.3 Å². The van der Waals surface area contributed by atoms with Crippen molar-refractivity contribution in [1.29, 1.82) is 0 Å². The van der Waals surface area contributed by atoms with Crippen LogP contribution in [0.15, 0.2) is 24.4 Å². The van der Waals surface area contributed by atoms with E-state index in [-0.39, 0.29) is 0 Å². The highest BCUT2D eigenvalue weighted by molar-refractivity contribution is 5.15. The third-order valence-electron chi connectivity index (χ3n) is 4.78. The number of hydrogen-bond donors (Lipinski definition) is 0. The fourth-order valence-electron chi connectivity index (χ4n) is 3.15. The number of hydrogen-bond acceptors (Lipinski definition) is 4. The molecule has 24 heavy (non-hydrogen) atoms. The zero-order chi connectivity index (χ0) is 16.8. The van der Waals surface area contributed by atoms with Gasteiger partial charge in [0.2, 0.25) is 0 Å². The van der Waals surface area contributed by atoms with Crippen molar-refractivity contribution in [3.05, 3.63) is 47.0 Å². The normalized spacial score (nSPS) is 17.8. The second kappa shape index (κ2) is 8.40. The van der Waals surface area contributed by atoms with Crippen molar-refractivity contribution in [3.8, 4) is 0 Å². The standard InChI is InChI=1S/C19H28N4O/c1-16-17(14-20-22(16)2)15-23-10-4-8-18-6-3-7-19(21-18)9-5-12-24-13-11-23/h3,6-7,14H,4-5,8-13,15H2,1-2H3. The Morgan fingerprint density at radius 3 is 2.62 bits per heavy atom. The third-order valence-corrected chi connectivity index (χ3v) is 4.78. The SMILES string of the molecule is Cc1c(CN2CCCc3cccc(n3)CCCOCC2)cnn1C. The van der Waals surface area contributed by atoms with Crippen molar-refractivity contribution < 1.29 is 4.74 Å². The molecule has 0 saturated carbocycles. The first-order valence-corrected chi connectivity index (χ1v) is 8.95. The van der Waals surface area contributed by atoms with Crippen LogP contribution in [0.1, 0.15) is 35.5 Å². The van der Waals surface area contributed by atoms with Gasteiger partial charge in [0.1, 0.15) is 0 Å². The lowest BCUT2D eigenvalue weighted by molar-refractivity contribution is 0.0991. The fourth-order valence-corrected chi connectivity index (χ4v) is 3.15. The summed E-state index contributed by atoms with van der Waals surface area (Å²) in [6, 6.07) is 6.41. The first kappa shape index (κ1) is 17.1. The molecule has 2 bridgehead atoms. The second-order valence-corrected chi connectivity index (χ2v) is 6.59. The molecule has 0 spiro atoms. The monoisotopic (exact) mass is 328 g/mol. The second-order valence-electron chi connectivity index (χ2n) is 6.59. The van der Waals surface area contributed by atoms with E-state index >= 15 is 0 Å². The highest BCUT2D eigenvalue weighted by Gasteiger charge is 2.11. The molecule has 0 radical (unpaired) electrons. The van der Waals surface area contributed by atoms with Crippen molar-refractivity contribution in [2.24, 2.45) is 7.05 Å². The van der Waals surface area contributed by atoms with Gasteiger partial charge < -0.3 is 4.74 Å². The lowest BCUT2D eigenvalue weighted by Crippen LogP contribution is -2.29. The molecule has 0 saturated heterocycles. The van der Waals surface area contributed by atoms with Gasteiger partial charge in [0.05, 0.1) is 12.8 Å². The number of pyridine rings is 1. The van der Waals surface area contributed by atoms with Gasteiger partial charge in [0.15, 0.2) is 0 Å². The molecule has 0 fully saturated rings. The number of aryl methyl sites for hydroxylation is 3. The molecule has 2 aromatic rings. The molecule has 0 N–H and O–H groups in total. The van der Waals surface area contributed by atoms with Gasteiger partial charge in [-0.2, -0.15) is 5.10 Å². The van der Waals surface area contributed by atoms with Gasteiger partial charge in [-0.05, 0) is 51.3 Å². The van der Waals surface area contributed by atoms with Gasteiger partial charge in [-0.3, -0.25) is 14.6 Å². The lowest BCUT2D eigenvalue weighted by atomic mass is 10.1. The van der Waals surface area contributed by atoms with Crippen LogP contribution in [0.4, 0.5) is 0 Å². The van der Waals surface area contributed by atoms with Crippen LogP contribution in [-0.2, 0) is 31.2 Å². The van der Waals surface area contributed by atoms with Crippen molar-refractivity contribution in [1.82, 2.24) is 19.7 Å². The van der Waals surface area contributed by atoms with Gasteiger partial charge >= 0.3 is 0 Å². The van der Waals surface area contributed by atoms with E-state index in [0.717, 1.165) is 58.5 Å². The molecule has 0 aliphatic carbocycles. The fraction of sp³-hybridized carbons (Fsp3) is 0.579. The van der Waals surface area contributed by atoms with Crippen LogP contribution >= 0.6 is 0 Å². The van der Waals surface area contributed by atoms with E-state index in [9.17, 15) is 0 Å². The summed E-state index contributed by atoms with van der Waals surface area (Å²) in [4.78, 5) is 7.25. The van der Waals surface area contributed by atoms with E-state index in [1.54, 1.807) is 0 Å². The Bertz CT molecular complexity index is 653. The molecule has 0 amide bonds. The van der Waals surface area contributed by atoms with E-state index in [1.165, 1.54) is 22.6 Å². The predicted octanol–water partition coefficient (Wildman–Crippen LogP) is 2.52. The summed E-state index contributed by atoms with van der Waals surface area (Å²) >= 11 is 0. The summed E-state index contributed by atoms with van der Waals surface area (Å²) in [6.45, 7) is 6.71. The van der Waals surface area contributed by atoms with Crippen LogP contribution in [0.25, 0.3) is 0 Å². The summed E-state index contributed by atoms with van der Waals surface area (Å²) in [7, 11) is 2.00. The quantitative estimate of drug-likeness (QED) is 0.850. The molecule has 3 rings (SSSR count). The molecule has 1 aliphatic heterocycles. The first-order valence-electron chi connectivity index (χ1n) is 8.95. The van der Waals surface area contributed by atoms with Crippen molar-refractivity contribution in [2.45, 2.75) is 39.2 Å². The molecule has 130 valence electrons. The van der Waals surface area contributed by atoms with Crippen LogP contribution in [0.2, 0.25) is 0 Å². The minimum atomic E-state index is 0.796. The Balaban J connectivity index is 1.64. The maximum Gasteiger partial charge on any atom is 0.0593 e. The Morgan fingerprint density at radius 2 is 1.88 bits per heavy atom. The molecule has 0 atom stereocenters. The van der Waals surface area contributed by atoms with Gasteiger partial charge in [0, 0.05) is 49.4 Å². The molecule has 0 unspecified atom stereocenters. The first-order chi connectivity index (χ1) is 11.7. The smallest absolute Gasteiger partial charge is 0.0593 e. The highest BCUT2D eigenvalue weighted by atomic mass is 16.5. The molecule has 2 aromatic heterocycles. The Kier molecular flexibility index (Phi) is 5.99. The maximum atomic E-state index is 5.83. The van der Waals surface area contributed by atoms with E-state index in [0.29, 0.717) is 0 Å². The summed E-state index contributed by atoms with van der Waals surface area (Å²) in [5, 5.41) is 4.36. The minimum absolute atomic E-state index is 0.796. The number of aromatic nitrogens is 3. The number of nitrogens with zero attached hydrogens (tertiary/aromatic N) is 4. The average Bonchev–Trinajstić information content (AvgIpc) is 2.90. The lowest BCUT2D eigenvalue weighted by Gasteiger charge is -2.22. The van der Waals surface area contributed by atoms with E-state index in [4.69, 9.17) is 9.72 Å². The van der Waals surface area contributed by atoms with Gasteiger partial charge in [-0.15, -0.1) is 0 Å². The molecule has 0 aromatic carbocycles. The maximum absolute atomic E-state index is 5.83. The molecule has 3 heterocycles. The Hall–Kier alpha value is -1.72. The number of ether oxygens (including phenoxy) is 1. The van der Waals surface area contributed by atoms with E-state index < -0.39 is 0 Å². The Morgan fingerprint density at radius 1 is 1.08 bits per heavy atom. The van der Waals surface area contributed by atoms with Crippen LogP contribution in [0.3, 0.4) is 0 Å². The van der Waals surface area contributed by atoms with Gasteiger partial charge in [-0.1, -0.05) is 6.07 Å². The summed E-state index contributed by atoms with van der Waals surface area (Å²) in [5.74, 6) is 0. The largest absolute Gasteiger partial charge is 0.380 e. The topological polar surface area (TPSA) is 43.2 Å². The zero-order valence-corrected chi connectivity index (χ0v) is 14.9. The third kappa shape index (κ3) is 4.65. The molecule has 5 nitrogen and oxygen atoms in total. The van der Waals surface area contributed by atoms with Crippen molar-refractivity contribution in [3.63, 3.8) is 0 Å². The predicted molar refractivity (Wildman–Crippen MR) is 94.9 cm³/mol. The zero-order valence-electron chi connectivity index (χ0n) is 14.9. The number of fused-ring (bicyclic) bond motifs is 2. The van der Waals surface area contributed by atoms with Crippen LogP contribution in [0, 0.1) is 6.92 Å². The summed E-state index contributed by atoms with van der Waals surface area (Å²) in [6.07, 6.45) is 6.19. The number of rotatable bonds is 2. The van der Waals surface area contributed by atoms with Crippen molar-refractivity contribution >= 4 is 0 Å². The minimum Gasteiger partial charge on any atom is -0.380 e. The molecule has 5 heteroatoms.